The minimum Gasteiger partial charge on any atom is -0.482 e. The highest BCUT2D eigenvalue weighted by molar-refractivity contribution is 5.71. The monoisotopic (exact) mass is 297 g/mol. The largest absolute Gasteiger partial charge is 0.482 e. The molecule has 1 fully saturated rings. The molecule has 1 aliphatic heterocycles. The third-order valence-corrected chi connectivity index (χ3v) is 3.12. The van der Waals surface area contributed by atoms with Crippen LogP contribution in [0, 0.1) is 5.82 Å². The van der Waals surface area contributed by atoms with Gasteiger partial charge in [-0.2, -0.15) is 0 Å². The van der Waals surface area contributed by atoms with Gasteiger partial charge in [0.05, 0.1) is 13.2 Å². The molecular weight excluding hydrogens is 277 g/mol. The fraction of sp³-hybridized carbons (Fsp3) is 0.533. The second kappa shape index (κ2) is 7.95. The third kappa shape index (κ3) is 5.69. The number of carbonyl (C=O) groups excluding carboxylic acids is 1. The highest BCUT2D eigenvalue weighted by atomic mass is 19.1. The summed E-state index contributed by atoms with van der Waals surface area (Å²) in [7, 11) is 0. The van der Waals surface area contributed by atoms with E-state index < -0.39 is 5.97 Å². The van der Waals surface area contributed by atoms with Crippen LogP contribution in [-0.2, 0) is 14.3 Å². The van der Waals surface area contributed by atoms with Crippen molar-refractivity contribution in [1.82, 2.24) is 4.90 Å². The van der Waals surface area contributed by atoms with E-state index in [1.165, 1.54) is 24.3 Å². The standard InChI is InChI=1S/C15H20FNO4/c1-12(10-17-6-8-19-9-7-17)21-15(18)11-20-14-4-2-13(16)3-5-14/h2-5,12H,6-11H2,1H3/t12-/m0/s1. The summed E-state index contributed by atoms with van der Waals surface area (Å²) in [6.07, 6.45) is -0.201. The zero-order chi connectivity index (χ0) is 15.1. The molecule has 0 aromatic heterocycles. The number of carbonyl (C=O) groups is 1. The average Bonchev–Trinajstić information content (AvgIpc) is 2.47. The van der Waals surface area contributed by atoms with Gasteiger partial charge >= 0.3 is 5.97 Å². The van der Waals surface area contributed by atoms with Gasteiger partial charge in [0.1, 0.15) is 17.7 Å². The van der Waals surface area contributed by atoms with Crippen LogP contribution in [0.3, 0.4) is 0 Å². The van der Waals surface area contributed by atoms with Crippen LogP contribution in [-0.4, -0.2) is 56.4 Å². The van der Waals surface area contributed by atoms with Gasteiger partial charge in [-0.05, 0) is 31.2 Å². The third-order valence-electron chi connectivity index (χ3n) is 3.12. The molecule has 21 heavy (non-hydrogen) atoms. The van der Waals surface area contributed by atoms with Crippen molar-refractivity contribution in [2.24, 2.45) is 0 Å². The van der Waals surface area contributed by atoms with E-state index in [9.17, 15) is 9.18 Å². The summed E-state index contributed by atoms with van der Waals surface area (Å²) in [6.45, 7) is 5.50. The van der Waals surface area contributed by atoms with Crippen LogP contribution in [0.25, 0.3) is 0 Å². The van der Waals surface area contributed by atoms with Gasteiger partial charge < -0.3 is 14.2 Å². The van der Waals surface area contributed by atoms with Crippen LogP contribution in [0.5, 0.6) is 5.75 Å². The maximum absolute atomic E-state index is 12.7. The summed E-state index contributed by atoms with van der Waals surface area (Å²) in [5.41, 5.74) is 0. The zero-order valence-electron chi connectivity index (χ0n) is 12.1. The lowest BCUT2D eigenvalue weighted by atomic mass is 10.3. The SMILES string of the molecule is C[C@@H](CN1CCOCC1)OC(=O)COc1ccc(F)cc1. The number of hydrogen-bond acceptors (Lipinski definition) is 5. The first-order chi connectivity index (χ1) is 10.1. The lowest BCUT2D eigenvalue weighted by Gasteiger charge is -2.28. The molecule has 0 saturated carbocycles. The second-order valence-electron chi connectivity index (χ2n) is 4.96. The Labute approximate surface area is 123 Å². The molecule has 116 valence electrons. The quantitative estimate of drug-likeness (QED) is 0.744. The van der Waals surface area contributed by atoms with Crippen molar-refractivity contribution in [3.05, 3.63) is 30.1 Å². The van der Waals surface area contributed by atoms with E-state index in [4.69, 9.17) is 14.2 Å². The van der Waals surface area contributed by atoms with E-state index in [0.29, 0.717) is 25.5 Å². The molecule has 0 N–H and O–H groups in total. The molecule has 0 radical (unpaired) electrons. The summed E-state index contributed by atoms with van der Waals surface area (Å²) in [5, 5.41) is 0. The number of ether oxygens (including phenoxy) is 3. The predicted molar refractivity (Wildman–Crippen MR) is 74.7 cm³/mol. The van der Waals surface area contributed by atoms with E-state index in [1.807, 2.05) is 6.92 Å². The van der Waals surface area contributed by atoms with Crippen molar-refractivity contribution in [3.8, 4) is 5.75 Å². The molecule has 1 aromatic carbocycles. The molecule has 1 aliphatic rings. The van der Waals surface area contributed by atoms with Crippen molar-refractivity contribution in [3.63, 3.8) is 0 Å². The molecule has 6 heteroatoms. The van der Waals surface area contributed by atoms with Crippen LogP contribution < -0.4 is 4.74 Å². The summed E-state index contributed by atoms with van der Waals surface area (Å²) < 4.78 is 28.5. The first-order valence-corrected chi connectivity index (χ1v) is 7.01. The Balaban J connectivity index is 1.67. The minimum atomic E-state index is -0.430. The van der Waals surface area contributed by atoms with Crippen molar-refractivity contribution in [2.45, 2.75) is 13.0 Å². The van der Waals surface area contributed by atoms with Crippen molar-refractivity contribution < 1.29 is 23.4 Å². The molecule has 1 heterocycles. The lowest BCUT2D eigenvalue weighted by Crippen LogP contribution is -2.41. The Hall–Kier alpha value is -1.66. The van der Waals surface area contributed by atoms with Crippen molar-refractivity contribution in [2.75, 3.05) is 39.5 Å². The first kappa shape index (κ1) is 15.7. The Morgan fingerprint density at radius 3 is 2.67 bits per heavy atom. The molecule has 5 nitrogen and oxygen atoms in total. The summed E-state index contributed by atoms with van der Waals surface area (Å²) >= 11 is 0. The van der Waals surface area contributed by atoms with Crippen molar-refractivity contribution in [1.29, 1.82) is 0 Å². The average molecular weight is 297 g/mol. The van der Waals surface area contributed by atoms with E-state index in [2.05, 4.69) is 4.90 Å². The number of morpholine rings is 1. The highest BCUT2D eigenvalue weighted by Gasteiger charge is 2.16. The Morgan fingerprint density at radius 1 is 1.33 bits per heavy atom. The maximum atomic E-state index is 12.7. The van der Waals surface area contributed by atoms with Crippen molar-refractivity contribution >= 4 is 5.97 Å². The van der Waals surface area contributed by atoms with Gasteiger partial charge in [-0.15, -0.1) is 0 Å². The lowest BCUT2D eigenvalue weighted by molar-refractivity contribution is -0.151. The highest BCUT2D eigenvalue weighted by Crippen LogP contribution is 2.11. The van der Waals surface area contributed by atoms with Gasteiger partial charge in [-0.25, -0.2) is 9.18 Å². The summed E-state index contributed by atoms with van der Waals surface area (Å²) in [5.74, 6) is -0.335. The van der Waals surface area contributed by atoms with E-state index >= 15 is 0 Å². The van der Waals surface area contributed by atoms with E-state index in [-0.39, 0.29) is 18.5 Å². The minimum absolute atomic E-state index is 0.181. The molecule has 1 aromatic rings. The molecule has 0 bridgehead atoms. The number of nitrogens with zero attached hydrogens (tertiary/aromatic N) is 1. The van der Waals surface area contributed by atoms with Gasteiger partial charge in [0.25, 0.3) is 0 Å². The van der Waals surface area contributed by atoms with Crippen LogP contribution in [0.2, 0.25) is 0 Å². The molecule has 2 rings (SSSR count). The number of benzene rings is 1. The van der Waals surface area contributed by atoms with Crippen LogP contribution in [0.4, 0.5) is 4.39 Å². The van der Waals surface area contributed by atoms with E-state index in [1.54, 1.807) is 0 Å². The fourth-order valence-electron chi connectivity index (χ4n) is 2.12. The van der Waals surface area contributed by atoms with Crippen LogP contribution >= 0.6 is 0 Å². The smallest absolute Gasteiger partial charge is 0.344 e. The predicted octanol–water partition coefficient (Wildman–Crippen LogP) is 1.47. The molecule has 1 saturated heterocycles. The number of halogens is 1. The Morgan fingerprint density at radius 2 is 2.00 bits per heavy atom. The second-order valence-corrected chi connectivity index (χ2v) is 4.96. The van der Waals surface area contributed by atoms with Gasteiger partial charge in [0.15, 0.2) is 6.61 Å². The Bertz CT molecular complexity index is 445. The summed E-state index contributed by atoms with van der Waals surface area (Å²) in [4.78, 5) is 13.9. The molecule has 1 atom stereocenters. The Kier molecular flexibility index (Phi) is 5.95. The summed E-state index contributed by atoms with van der Waals surface area (Å²) in [6, 6.07) is 5.50. The number of hydrogen-bond donors (Lipinski definition) is 0. The molecule has 0 unspecified atom stereocenters. The first-order valence-electron chi connectivity index (χ1n) is 7.01. The maximum Gasteiger partial charge on any atom is 0.344 e. The van der Waals surface area contributed by atoms with Crippen LogP contribution in [0.1, 0.15) is 6.92 Å². The van der Waals surface area contributed by atoms with Gasteiger partial charge in [-0.3, -0.25) is 4.90 Å². The van der Waals surface area contributed by atoms with Gasteiger partial charge in [0, 0.05) is 19.6 Å². The molecule has 0 amide bonds. The molecular formula is C15H20FNO4. The molecule has 0 spiro atoms. The molecule has 0 aliphatic carbocycles. The number of esters is 1. The van der Waals surface area contributed by atoms with Crippen LogP contribution in [0.15, 0.2) is 24.3 Å². The zero-order valence-corrected chi connectivity index (χ0v) is 12.1. The fourth-order valence-corrected chi connectivity index (χ4v) is 2.12. The van der Waals surface area contributed by atoms with Gasteiger partial charge in [0.2, 0.25) is 0 Å². The number of rotatable bonds is 6. The normalized spacial score (nSPS) is 17.2. The van der Waals surface area contributed by atoms with Gasteiger partial charge in [-0.1, -0.05) is 0 Å². The van der Waals surface area contributed by atoms with E-state index in [0.717, 1.165) is 13.1 Å². The topological polar surface area (TPSA) is 48.0 Å².